The van der Waals surface area contributed by atoms with Gasteiger partial charge in [0.2, 0.25) is 0 Å². The van der Waals surface area contributed by atoms with Gasteiger partial charge in [-0.05, 0) is 60.2 Å². The molecule has 0 aromatic heterocycles. The Morgan fingerprint density at radius 3 is 2.07 bits per heavy atom. The highest BCUT2D eigenvalue weighted by molar-refractivity contribution is 6.11. The van der Waals surface area contributed by atoms with Crippen LogP contribution in [0.15, 0.2) is 66.7 Å². The number of rotatable bonds is 5. The van der Waals surface area contributed by atoms with E-state index in [0.717, 1.165) is 6.07 Å². The first kappa shape index (κ1) is 18.5. The molecule has 0 atom stereocenters. The van der Waals surface area contributed by atoms with Crippen LogP contribution in [0.2, 0.25) is 0 Å². The highest BCUT2D eigenvalue weighted by atomic mass is 19.1. The van der Waals surface area contributed by atoms with Crippen molar-refractivity contribution < 1.29 is 23.4 Å². The van der Waals surface area contributed by atoms with E-state index in [1.54, 1.807) is 24.3 Å². The normalized spacial score (nSPS) is 10.5. The predicted octanol–water partition coefficient (Wildman–Crippen LogP) is 4.44. The van der Waals surface area contributed by atoms with Crippen molar-refractivity contribution in [2.75, 3.05) is 12.0 Å². The number of hydrogen-bond donors (Lipinski definition) is 1. The van der Waals surface area contributed by atoms with E-state index < -0.39 is 17.5 Å². The predicted molar refractivity (Wildman–Crippen MR) is 98.2 cm³/mol. The van der Waals surface area contributed by atoms with E-state index in [0.29, 0.717) is 16.9 Å². The van der Waals surface area contributed by atoms with Crippen molar-refractivity contribution >= 4 is 17.3 Å². The molecule has 27 heavy (non-hydrogen) atoms. The zero-order valence-corrected chi connectivity index (χ0v) is 14.5. The van der Waals surface area contributed by atoms with Crippen LogP contribution in [-0.4, -0.2) is 18.1 Å². The lowest BCUT2D eigenvalue weighted by atomic mass is 10.1. The summed E-state index contributed by atoms with van der Waals surface area (Å²) < 4.78 is 32.3. The number of anilines is 2. The van der Waals surface area contributed by atoms with E-state index in [4.69, 9.17) is 4.74 Å². The molecule has 0 unspecified atom stereocenters. The zero-order valence-electron chi connectivity index (χ0n) is 14.5. The minimum atomic E-state index is -0.655. The number of halogens is 2. The number of nitrogens with zero attached hydrogens (tertiary/aromatic N) is 1. The van der Waals surface area contributed by atoms with E-state index >= 15 is 0 Å². The third kappa shape index (κ3) is 3.96. The van der Waals surface area contributed by atoms with Gasteiger partial charge in [-0.3, -0.25) is 9.69 Å². The van der Waals surface area contributed by atoms with Gasteiger partial charge in [0.25, 0.3) is 5.91 Å². The monoisotopic (exact) mass is 369 g/mol. The molecule has 0 aliphatic rings. The average Bonchev–Trinajstić information content (AvgIpc) is 2.70. The lowest BCUT2D eigenvalue weighted by Gasteiger charge is -2.23. The molecule has 1 amide bonds. The first-order chi connectivity index (χ1) is 13.0. The number of amides is 1. The molecule has 0 saturated heterocycles. The molecule has 0 spiro atoms. The van der Waals surface area contributed by atoms with Crippen molar-refractivity contribution in [1.82, 2.24) is 0 Å². The third-order valence-electron chi connectivity index (χ3n) is 4.06. The summed E-state index contributed by atoms with van der Waals surface area (Å²) in [7, 11) is 1.34. The molecule has 3 rings (SSSR count). The van der Waals surface area contributed by atoms with E-state index in [1.807, 2.05) is 0 Å². The molecule has 0 fully saturated rings. The number of hydrogen-bond acceptors (Lipinski definition) is 3. The molecule has 3 aromatic carbocycles. The lowest BCUT2D eigenvalue weighted by Crippen LogP contribution is -2.26. The van der Waals surface area contributed by atoms with Gasteiger partial charge in [-0.25, -0.2) is 8.78 Å². The summed E-state index contributed by atoms with van der Waals surface area (Å²) in [5.41, 5.74) is 1.72. The van der Waals surface area contributed by atoms with E-state index in [9.17, 15) is 18.7 Å². The van der Waals surface area contributed by atoms with E-state index in [2.05, 4.69) is 0 Å². The molecule has 0 aliphatic heterocycles. The Morgan fingerprint density at radius 2 is 1.56 bits per heavy atom. The summed E-state index contributed by atoms with van der Waals surface area (Å²) in [6.07, 6.45) is 0. The van der Waals surface area contributed by atoms with E-state index in [1.165, 1.54) is 48.4 Å². The van der Waals surface area contributed by atoms with Gasteiger partial charge in [-0.2, -0.15) is 0 Å². The van der Waals surface area contributed by atoms with Crippen LogP contribution < -0.4 is 9.64 Å². The van der Waals surface area contributed by atoms with Gasteiger partial charge < -0.3 is 9.84 Å². The maximum absolute atomic E-state index is 14.1. The Labute approximate surface area is 155 Å². The molecule has 0 aliphatic carbocycles. The van der Waals surface area contributed by atoms with Crippen LogP contribution in [0.5, 0.6) is 5.75 Å². The first-order valence-corrected chi connectivity index (χ1v) is 8.17. The molecular formula is C21H17F2NO3. The Hall–Kier alpha value is -3.25. The highest BCUT2D eigenvalue weighted by Gasteiger charge is 2.21. The van der Waals surface area contributed by atoms with Crippen molar-refractivity contribution in [3.8, 4) is 5.75 Å². The maximum Gasteiger partial charge on any atom is 0.262 e. The summed E-state index contributed by atoms with van der Waals surface area (Å²) in [4.78, 5) is 14.5. The second-order valence-electron chi connectivity index (χ2n) is 5.79. The second kappa shape index (κ2) is 7.97. The van der Waals surface area contributed by atoms with Crippen molar-refractivity contribution in [2.45, 2.75) is 6.61 Å². The lowest BCUT2D eigenvalue weighted by molar-refractivity contribution is 0.0998. The fourth-order valence-electron chi connectivity index (χ4n) is 2.65. The van der Waals surface area contributed by atoms with Crippen molar-refractivity contribution in [1.29, 1.82) is 0 Å². The largest absolute Gasteiger partial charge is 0.494 e. The number of aliphatic hydroxyl groups excluding tert-OH is 1. The molecule has 1 N–H and O–H groups in total. The number of benzene rings is 3. The van der Waals surface area contributed by atoms with Crippen LogP contribution in [0, 0.1) is 11.6 Å². The van der Waals surface area contributed by atoms with Crippen molar-refractivity contribution in [3.63, 3.8) is 0 Å². The quantitative estimate of drug-likeness (QED) is 0.723. The number of aliphatic hydroxyl groups is 1. The smallest absolute Gasteiger partial charge is 0.262 e. The molecular weight excluding hydrogens is 352 g/mol. The van der Waals surface area contributed by atoms with Gasteiger partial charge in [0.05, 0.1) is 13.7 Å². The third-order valence-corrected chi connectivity index (χ3v) is 4.06. The van der Waals surface area contributed by atoms with Gasteiger partial charge >= 0.3 is 0 Å². The Balaban J connectivity index is 2.06. The highest BCUT2D eigenvalue weighted by Crippen LogP contribution is 2.29. The fourth-order valence-corrected chi connectivity index (χ4v) is 2.65. The summed E-state index contributed by atoms with van der Waals surface area (Å²) >= 11 is 0. The Kier molecular flexibility index (Phi) is 5.47. The van der Waals surface area contributed by atoms with Crippen molar-refractivity contribution in [3.05, 3.63) is 89.5 Å². The topological polar surface area (TPSA) is 49.8 Å². The van der Waals surface area contributed by atoms with Gasteiger partial charge in [-0.15, -0.1) is 0 Å². The van der Waals surface area contributed by atoms with Gasteiger partial charge in [0, 0.05) is 16.9 Å². The molecule has 0 radical (unpaired) electrons. The minimum absolute atomic E-state index is 0.0344. The summed E-state index contributed by atoms with van der Waals surface area (Å²) in [5, 5.41) is 9.21. The number of carbonyl (C=O) groups excluding carboxylic acids is 1. The molecule has 0 heterocycles. The molecule has 4 nitrogen and oxygen atoms in total. The Morgan fingerprint density at radius 1 is 0.963 bits per heavy atom. The Bertz CT molecular complexity index is 941. The summed E-state index contributed by atoms with van der Waals surface area (Å²) in [6, 6.07) is 16.0. The molecule has 6 heteroatoms. The fraction of sp³-hybridized carbons (Fsp3) is 0.0952. The maximum atomic E-state index is 14.1. The molecule has 0 bridgehead atoms. The zero-order chi connectivity index (χ0) is 19.4. The number of methoxy groups -OCH3 is 1. The first-order valence-electron chi connectivity index (χ1n) is 8.17. The number of ether oxygens (including phenoxy) is 1. The van der Waals surface area contributed by atoms with Crippen LogP contribution in [0.1, 0.15) is 15.9 Å². The standard InChI is InChI=1S/C21H17F2NO3/c1-27-20-11-4-15(12-19(20)23)21(26)24(18-9-5-16(22)6-10-18)17-7-2-14(13-25)3-8-17/h2-12,25H,13H2,1H3. The van der Waals surface area contributed by atoms with Crippen LogP contribution in [-0.2, 0) is 6.61 Å². The minimum Gasteiger partial charge on any atom is -0.494 e. The van der Waals surface area contributed by atoms with Gasteiger partial charge in [0.1, 0.15) is 5.82 Å². The SMILES string of the molecule is COc1ccc(C(=O)N(c2ccc(F)cc2)c2ccc(CO)cc2)cc1F. The van der Waals surface area contributed by atoms with Crippen molar-refractivity contribution in [2.24, 2.45) is 0 Å². The van der Waals surface area contributed by atoms with Crippen LogP contribution >= 0.6 is 0 Å². The summed E-state index contributed by atoms with van der Waals surface area (Å²) in [5.74, 6) is -1.54. The average molecular weight is 369 g/mol. The molecule has 0 saturated carbocycles. The van der Waals surface area contributed by atoms with Crippen LogP contribution in [0.3, 0.4) is 0 Å². The molecule has 3 aromatic rings. The van der Waals surface area contributed by atoms with Crippen LogP contribution in [0.25, 0.3) is 0 Å². The van der Waals surface area contributed by atoms with Gasteiger partial charge in [-0.1, -0.05) is 12.1 Å². The second-order valence-corrected chi connectivity index (χ2v) is 5.79. The number of carbonyl (C=O) groups is 1. The van der Waals surface area contributed by atoms with Gasteiger partial charge in [0.15, 0.2) is 11.6 Å². The van der Waals surface area contributed by atoms with Crippen LogP contribution in [0.4, 0.5) is 20.2 Å². The molecule has 138 valence electrons. The van der Waals surface area contributed by atoms with E-state index in [-0.39, 0.29) is 17.9 Å². The summed E-state index contributed by atoms with van der Waals surface area (Å²) in [6.45, 7) is -0.130.